The summed E-state index contributed by atoms with van der Waals surface area (Å²) in [5.74, 6) is -0.761. The number of fused-ring (bicyclic) bond motifs is 2. The summed E-state index contributed by atoms with van der Waals surface area (Å²) >= 11 is 0. The molecule has 2 aliphatic heterocycles. The molecule has 0 saturated carbocycles. The molecule has 1 saturated heterocycles. The Morgan fingerprint density at radius 3 is 2.82 bits per heavy atom. The van der Waals surface area contributed by atoms with Crippen LogP contribution in [0.2, 0.25) is 0 Å². The monoisotopic (exact) mass is 380 g/mol. The highest BCUT2D eigenvalue weighted by molar-refractivity contribution is 5.99. The van der Waals surface area contributed by atoms with Crippen LogP contribution in [-0.4, -0.2) is 28.7 Å². The molecule has 1 aromatic heterocycles. The van der Waals surface area contributed by atoms with Gasteiger partial charge in [-0.3, -0.25) is 4.79 Å². The molecule has 142 valence electrons. The minimum absolute atomic E-state index is 0.00195. The van der Waals surface area contributed by atoms with Crippen molar-refractivity contribution < 1.29 is 19.0 Å². The Morgan fingerprint density at radius 2 is 2.11 bits per heavy atom. The topological polar surface area (TPSA) is 71.8 Å². The van der Waals surface area contributed by atoms with Crippen LogP contribution in [-0.2, 0) is 0 Å². The highest BCUT2D eigenvalue weighted by atomic mass is 19.1. The quantitative estimate of drug-likeness (QED) is 0.573. The molecule has 3 heterocycles. The zero-order valence-corrected chi connectivity index (χ0v) is 15.1. The Hall–Kier alpha value is -3.35. The Kier molecular flexibility index (Phi) is 3.49. The van der Waals surface area contributed by atoms with Gasteiger partial charge in [0.1, 0.15) is 16.8 Å². The average molecular weight is 380 g/mol. The molecule has 5 rings (SSSR count). The highest BCUT2D eigenvalue weighted by Gasteiger charge is 2.32. The number of hydrogen-bond donors (Lipinski definition) is 1. The summed E-state index contributed by atoms with van der Waals surface area (Å²) in [6.45, 7) is 3.49. The summed E-state index contributed by atoms with van der Waals surface area (Å²) in [5.41, 5.74) is 0.197. The van der Waals surface area contributed by atoms with Gasteiger partial charge in [0, 0.05) is 19.3 Å². The fraction of sp³-hybridized carbons (Fsp3) is 0.238. The van der Waals surface area contributed by atoms with Crippen molar-refractivity contribution in [1.29, 1.82) is 0 Å². The van der Waals surface area contributed by atoms with Crippen molar-refractivity contribution in [3.63, 3.8) is 0 Å². The van der Waals surface area contributed by atoms with Crippen molar-refractivity contribution in [1.82, 2.24) is 4.57 Å². The number of pyridine rings is 1. The number of anilines is 1. The van der Waals surface area contributed by atoms with Crippen LogP contribution < -0.4 is 15.1 Å². The molecule has 28 heavy (non-hydrogen) atoms. The van der Waals surface area contributed by atoms with Crippen molar-refractivity contribution in [3.05, 3.63) is 58.1 Å². The standard InChI is InChI=1S/C21H17FN2O4/c1-11-6-7-23(9-11)18-14(22)8-12-17-20(18)28-16-5-3-2-4-15(16)24(17)10-13(19(12)25)21(26)27/h2-5,8,10-11H,6-7,9H2,1H3,(H,26,27). The molecule has 1 unspecified atom stereocenters. The van der Waals surface area contributed by atoms with Crippen molar-refractivity contribution in [2.45, 2.75) is 13.3 Å². The van der Waals surface area contributed by atoms with Crippen LogP contribution in [0.3, 0.4) is 0 Å². The smallest absolute Gasteiger partial charge is 0.341 e. The van der Waals surface area contributed by atoms with E-state index in [4.69, 9.17) is 4.74 Å². The Morgan fingerprint density at radius 1 is 1.32 bits per heavy atom. The van der Waals surface area contributed by atoms with Gasteiger partial charge in [-0.25, -0.2) is 9.18 Å². The van der Waals surface area contributed by atoms with E-state index in [2.05, 4.69) is 6.92 Å². The van der Waals surface area contributed by atoms with Gasteiger partial charge in [0.15, 0.2) is 17.3 Å². The third-order valence-electron chi connectivity index (χ3n) is 5.48. The zero-order valence-electron chi connectivity index (χ0n) is 15.1. The first kappa shape index (κ1) is 16.8. The number of para-hydroxylation sites is 2. The van der Waals surface area contributed by atoms with E-state index >= 15 is 4.39 Å². The van der Waals surface area contributed by atoms with Gasteiger partial charge in [-0.05, 0) is 30.5 Å². The summed E-state index contributed by atoms with van der Waals surface area (Å²) < 4.78 is 22.9. The van der Waals surface area contributed by atoms with Crippen LogP contribution in [0.5, 0.6) is 11.5 Å². The molecule has 0 radical (unpaired) electrons. The largest absolute Gasteiger partial charge is 0.477 e. The molecule has 0 amide bonds. The molecule has 2 aliphatic rings. The second kappa shape index (κ2) is 5.82. The number of carbonyl (C=O) groups is 1. The van der Waals surface area contributed by atoms with Gasteiger partial charge in [-0.1, -0.05) is 19.1 Å². The average Bonchev–Trinajstić information content (AvgIpc) is 3.09. The number of rotatable bonds is 2. The van der Waals surface area contributed by atoms with E-state index in [1.807, 2.05) is 4.90 Å². The Labute approximate surface area is 159 Å². The molecule has 0 spiro atoms. The van der Waals surface area contributed by atoms with E-state index in [-0.39, 0.29) is 11.1 Å². The first-order valence-corrected chi connectivity index (χ1v) is 9.13. The SMILES string of the molecule is CC1CCN(c2c(F)cc3c(=O)c(C(=O)O)cn4c3c2Oc2ccccc2-4)C1. The molecule has 1 atom stereocenters. The van der Waals surface area contributed by atoms with Crippen LogP contribution in [0.1, 0.15) is 23.7 Å². The number of carboxylic acid groups (broad SMARTS) is 1. The number of benzene rings is 2. The maximum Gasteiger partial charge on any atom is 0.341 e. The lowest BCUT2D eigenvalue weighted by Crippen LogP contribution is -2.25. The van der Waals surface area contributed by atoms with Gasteiger partial charge in [0.2, 0.25) is 5.43 Å². The van der Waals surface area contributed by atoms with Crippen molar-refractivity contribution >= 4 is 22.6 Å². The molecular formula is C21H17FN2O4. The number of carboxylic acids is 1. The summed E-state index contributed by atoms with van der Waals surface area (Å²) in [4.78, 5) is 26.3. The second-order valence-electron chi connectivity index (χ2n) is 7.39. The molecule has 2 aromatic carbocycles. The first-order chi connectivity index (χ1) is 13.5. The fourth-order valence-corrected chi connectivity index (χ4v) is 4.14. The van der Waals surface area contributed by atoms with E-state index < -0.39 is 22.8 Å². The molecule has 3 aromatic rings. The second-order valence-corrected chi connectivity index (χ2v) is 7.39. The first-order valence-electron chi connectivity index (χ1n) is 9.13. The zero-order chi connectivity index (χ0) is 19.6. The van der Waals surface area contributed by atoms with Gasteiger partial charge >= 0.3 is 5.97 Å². The van der Waals surface area contributed by atoms with E-state index in [1.54, 1.807) is 28.8 Å². The van der Waals surface area contributed by atoms with Gasteiger partial charge < -0.3 is 19.3 Å². The normalized spacial score (nSPS) is 17.5. The highest BCUT2D eigenvalue weighted by Crippen LogP contribution is 2.47. The predicted octanol–water partition coefficient (Wildman–Crippen LogP) is 3.78. The van der Waals surface area contributed by atoms with Gasteiger partial charge in [0.25, 0.3) is 0 Å². The summed E-state index contributed by atoms with van der Waals surface area (Å²) in [7, 11) is 0. The maximum absolute atomic E-state index is 15.2. The van der Waals surface area contributed by atoms with Crippen molar-refractivity contribution in [3.8, 4) is 17.2 Å². The van der Waals surface area contributed by atoms with E-state index in [1.165, 1.54) is 6.20 Å². The van der Waals surface area contributed by atoms with Crippen LogP contribution in [0, 0.1) is 11.7 Å². The van der Waals surface area contributed by atoms with Crippen molar-refractivity contribution in [2.75, 3.05) is 18.0 Å². The van der Waals surface area contributed by atoms with Crippen LogP contribution in [0.25, 0.3) is 16.6 Å². The minimum Gasteiger partial charge on any atom is -0.477 e. The molecule has 6 nitrogen and oxygen atoms in total. The van der Waals surface area contributed by atoms with E-state index in [0.717, 1.165) is 12.5 Å². The number of halogens is 1. The maximum atomic E-state index is 15.2. The molecule has 0 aliphatic carbocycles. The third kappa shape index (κ3) is 2.25. The molecule has 0 bridgehead atoms. The van der Waals surface area contributed by atoms with Gasteiger partial charge in [0.05, 0.1) is 11.1 Å². The minimum atomic E-state index is -1.35. The number of aromatic carboxylic acids is 1. The predicted molar refractivity (Wildman–Crippen MR) is 103 cm³/mol. The third-order valence-corrected chi connectivity index (χ3v) is 5.48. The lowest BCUT2D eigenvalue weighted by atomic mass is 10.1. The van der Waals surface area contributed by atoms with Gasteiger partial charge in [-0.2, -0.15) is 0 Å². The molecule has 1 fully saturated rings. The number of nitrogens with zero attached hydrogens (tertiary/aromatic N) is 2. The number of hydrogen-bond acceptors (Lipinski definition) is 4. The van der Waals surface area contributed by atoms with E-state index in [0.29, 0.717) is 41.6 Å². The number of aromatic nitrogens is 1. The van der Waals surface area contributed by atoms with Crippen molar-refractivity contribution in [2.24, 2.45) is 5.92 Å². The Balaban J connectivity index is 1.92. The van der Waals surface area contributed by atoms with Crippen LogP contribution in [0.15, 0.2) is 41.3 Å². The van der Waals surface area contributed by atoms with E-state index in [9.17, 15) is 14.7 Å². The van der Waals surface area contributed by atoms with Gasteiger partial charge in [-0.15, -0.1) is 0 Å². The number of ether oxygens (including phenoxy) is 1. The lowest BCUT2D eigenvalue weighted by molar-refractivity contribution is 0.0695. The fourth-order valence-electron chi connectivity index (χ4n) is 4.14. The summed E-state index contributed by atoms with van der Waals surface area (Å²) in [6.07, 6.45) is 2.24. The Bertz CT molecular complexity index is 1220. The van der Waals surface area contributed by atoms with Crippen LogP contribution >= 0.6 is 0 Å². The van der Waals surface area contributed by atoms with Crippen LogP contribution in [0.4, 0.5) is 10.1 Å². The molecular weight excluding hydrogens is 363 g/mol. The molecule has 7 heteroatoms. The summed E-state index contributed by atoms with van der Waals surface area (Å²) in [6, 6.07) is 8.24. The lowest BCUT2D eigenvalue weighted by Gasteiger charge is -2.29. The molecule has 1 N–H and O–H groups in total. The summed E-state index contributed by atoms with van der Waals surface area (Å²) in [5, 5.41) is 9.46.